The van der Waals surface area contributed by atoms with Gasteiger partial charge in [-0.2, -0.15) is 0 Å². The SMILES string of the molecule is Cc1ccc(C(=O)COC(=O)[C@@H]2CC(=O)N(c3ccc(Oc4cccc5ccccc45)cc3)C2)cc1C. The number of nitrogens with zero attached hydrogens (tertiary/aromatic N) is 1. The molecule has 4 aromatic rings. The van der Waals surface area contributed by atoms with Crippen molar-refractivity contribution < 1.29 is 23.9 Å². The van der Waals surface area contributed by atoms with E-state index < -0.39 is 11.9 Å². The Balaban J connectivity index is 1.20. The van der Waals surface area contributed by atoms with Crippen LogP contribution in [0.3, 0.4) is 0 Å². The summed E-state index contributed by atoms with van der Waals surface area (Å²) in [5.74, 6) is -0.186. The summed E-state index contributed by atoms with van der Waals surface area (Å²) >= 11 is 0. The number of aryl methyl sites for hydroxylation is 2. The number of fused-ring (bicyclic) bond motifs is 1. The zero-order valence-corrected chi connectivity index (χ0v) is 20.8. The van der Waals surface area contributed by atoms with Gasteiger partial charge in [0, 0.05) is 29.6 Å². The predicted octanol–water partition coefficient (Wildman–Crippen LogP) is 6.03. The Morgan fingerprint density at radius 3 is 2.43 bits per heavy atom. The summed E-state index contributed by atoms with van der Waals surface area (Å²) in [7, 11) is 0. The van der Waals surface area contributed by atoms with Crippen molar-refractivity contribution in [1.29, 1.82) is 0 Å². The van der Waals surface area contributed by atoms with Crippen LogP contribution in [-0.4, -0.2) is 30.8 Å². The van der Waals surface area contributed by atoms with Crippen molar-refractivity contribution >= 4 is 34.1 Å². The highest BCUT2D eigenvalue weighted by molar-refractivity contribution is 6.01. The molecule has 1 saturated heterocycles. The van der Waals surface area contributed by atoms with E-state index in [0.717, 1.165) is 27.6 Å². The van der Waals surface area contributed by atoms with Crippen molar-refractivity contribution in [3.8, 4) is 11.5 Å². The quantitative estimate of drug-likeness (QED) is 0.232. The van der Waals surface area contributed by atoms with E-state index in [1.807, 2.05) is 62.4 Å². The molecule has 0 aromatic heterocycles. The first kappa shape index (κ1) is 24.3. The van der Waals surface area contributed by atoms with Gasteiger partial charge in [-0.15, -0.1) is 0 Å². The van der Waals surface area contributed by atoms with Gasteiger partial charge in [-0.05, 0) is 66.8 Å². The molecule has 186 valence electrons. The molecule has 1 amide bonds. The Labute approximate surface area is 215 Å². The zero-order chi connectivity index (χ0) is 25.9. The van der Waals surface area contributed by atoms with Gasteiger partial charge in [-0.3, -0.25) is 14.4 Å². The van der Waals surface area contributed by atoms with Gasteiger partial charge < -0.3 is 14.4 Å². The summed E-state index contributed by atoms with van der Waals surface area (Å²) in [4.78, 5) is 39.3. The summed E-state index contributed by atoms with van der Waals surface area (Å²) < 4.78 is 11.4. The fourth-order valence-corrected chi connectivity index (χ4v) is 4.47. The van der Waals surface area contributed by atoms with Crippen LogP contribution in [0.2, 0.25) is 0 Å². The molecule has 0 radical (unpaired) electrons. The van der Waals surface area contributed by atoms with Crippen molar-refractivity contribution in [1.82, 2.24) is 0 Å². The number of carbonyl (C=O) groups is 3. The summed E-state index contributed by atoms with van der Waals surface area (Å²) in [5, 5.41) is 2.11. The standard InChI is InChI=1S/C31H27NO5/c1-20-10-11-23(16-21(20)2)28(33)19-36-31(35)24-17-30(34)32(18-24)25-12-14-26(15-13-25)37-29-9-5-7-22-6-3-4-8-27(22)29/h3-16,24H,17-19H2,1-2H3/t24-/m1/s1. The summed E-state index contributed by atoms with van der Waals surface area (Å²) in [5.41, 5.74) is 3.27. The average Bonchev–Trinajstić information content (AvgIpc) is 3.31. The number of esters is 1. The first-order valence-electron chi connectivity index (χ1n) is 12.2. The maximum Gasteiger partial charge on any atom is 0.311 e. The molecular weight excluding hydrogens is 466 g/mol. The first-order chi connectivity index (χ1) is 17.9. The van der Waals surface area contributed by atoms with E-state index in [4.69, 9.17) is 9.47 Å². The number of Topliss-reactive ketones (excluding diaryl/α,β-unsaturated/α-hetero) is 1. The van der Waals surface area contributed by atoms with Gasteiger partial charge in [0.1, 0.15) is 11.5 Å². The van der Waals surface area contributed by atoms with Gasteiger partial charge in [0.2, 0.25) is 5.91 Å². The normalized spacial score (nSPS) is 15.1. The fraction of sp³-hybridized carbons (Fsp3) is 0.194. The van der Waals surface area contributed by atoms with E-state index in [0.29, 0.717) is 17.0 Å². The van der Waals surface area contributed by atoms with Gasteiger partial charge in [0.05, 0.1) is 5.92 Å². The molecule has 0 unspecified atom stereocenters. The molecule has 1 aliphatic heterocycles. The van der Waals surface area contributed by atoms with Crippen molar-refractivity contribution in [3.05, 3.63) is 102 Å². The van der Waals surface area contributed by atoms with Gasteiger partial charge in [-0.25, -0.2) is 0 Å². The number of ketones is 1. The summed E-state index contributed by atoms with van der Waals surface area (Å²) in [6.45, 7) is 3.77. The molecule has 37 heavy (non-hydrogen) atoms. The average molecular weight is 494 g/mol. The summed E-state index contributed by atoms with van der Waals surface area (Å²) in [6, 6.07) is 26.5. The molecule has 0 aliphatic carbocycles. The van der Waals surface area contributed by atoms with Crippen molar-refractivity contribution in [2.45, 2.75) is 20.3 Å². The van der Waals surface area contributed by atoms with Crippen LogP contribution in [0, 0.1) is 19.8 Å². The second kappa shape index (κ2) is 10.3. The number of hydrogen-bond acceptors (Lipinski definition) is 5. The lowest BCUT2D eigenvalue weighted by molar-refractivity contribution is -0.147. The van der Waals surface area contributed by atoms with E-state index in [1.54, 1.807) is 41.3 Å². The molecular formula is C31H27NO5. The Morgan fingerprint density at radius 2 is 1.65 bits per heavy atom. The van der Waals surface area contributed by atoms with Crippen LogP contribution < -0.4 is 9.64 Å². The van der Waals surface area contributed by atoms with Crippen LogP contribution in [-0.2, 0) is 14.3 Å². The molecule has 1 fully saturated rings. The maximum absolute atomic E-state index is 12.7. The second-order valence-corrected chi connectivity index (χ2v) is 9.31. The maximum atomic E-state index is 12.7. The molecule has 0 N–H and O–H groups in total. The van der Waals surface area contributed by atoms with Gasteiger partial charge in [-0.1, -0.05) is 48.5 Å². The summed E-state index contributed by atoms with van der Waals surface area (Å²) in [6.07, 6.45) is 0.0465. The molecule has 5 rings (SSSR count). The Kier molecular flexibility index (Phi) is 6.73. The number of anilines is 1. The predicted molar refractivity (Wildman–Crippen MR) is 142 cm³/mol. The number of carbonyl (C=O) groups excluding carboxylic acids is 3. The lowest BCUT2D eigenvalue weighted by Crippen LogP contribution is -2.27. The lowest BCUT2D eigenvalue weighted by Gasteiger charge is -2.17. The van der Waals surface area contributed by atoms with Crippen LogP contribution >= 0.6 is 0 Å². The molecule has 0 spiro atoms. The Hall–Kier alpha value is -4.45. The van der Waals surface area contributed by atoms with Crippen LogP contribution in [0.4, 0.5) is 5.69 Å². The highest BCUT2D eigenvalue weighted by atomic mass is 16.5. The smallest absolute Gasteiger partial charge is 0.311 e. The van der Waals surface area contributed by atoms with Crippen LogP contribution in [0.1, 0.15) is 27.9 Å². The number of benzene rings is 4. The topological polar surface area (TPSA) is 72.9 Å². The third-order valence-electron chi connectivity index (χ3n) is 6.76. The van der Waals surface area contributed by atoms with Crippen molar-refractivity contribution in [2.24, 2.45) is 5.92 Å². The highest BCUT2D eigenvalue weighted by Gasteiger charge is 2.36. The van der Waals surface area contributed by atoms with Crippen LogP contribution in [0.15, 0.2) is 84.9 Å². The molecule has 6 heteroatoms. The minimum Gasteiger partial charge on any atom is -0.457 e. The molecule has 0 saturated carbocycles. The number of hydrogen-bond donors (Lipinski definition) is 0. The van der Waals surface area contributed by atoms with E-state index in [9.17, 15) is 14.4 Å². The number of ether oxygens (including phenoxy) is 2. The third-order valence-corrected chi connectivity index (χ3v) is 6.76. The second-order valence-electron chi connectivity index (χ2n) is 9.31. The van der Waals surface area contributed by atoms with Gasteiger partial charge in [0.25, 0.3) is 0 Å². The zero-order valence-electron chi connectivity index (χ0n) is 20.8. The highest BCUT2D eigenvalue weighted by Crippen LogP contribution is 2.32. The van der Waals surface area contributed by atoms with Crippen LogP contribution in [0.5, 0.6) is 11.5 Å². The van der Waals surface area contributed by atoms with E-state index in [1.165, 1.54) is 0 Å². The first-order valence-corrected chi connectivity index (χ1v) is 12.2. The Bertz CT molecular complexity index is 1490. The molecule has 0 bridgehead atoms. The van der Waals surface area contributed by atoms with Crippen molar-refractivity contribution in [3.63, 3.8) is 0 Å². The third kappa shape index (κ3) is 5.23. The van der Waals surface area contributed by atoms with E-state index in [-0.39, 0.29) is 31.3 Å². The Morgan fingerprint density at radius 1 is 0.892 bits per heavy atom. The van der Waals surface area contributed by atoms with Crippen molar-refractivity contribution in [2.75, 3.05) is 18.1 Å². The monoisotopic (exact) mass is 493 g/mol. The van der Waals surface area contributed by atoms with E-state index in [2.05, 4.69) is 0 Å². The largest absolute Gasteiger partial charge is 0.457 e. The molecule has 1 heterocycles. The number of rotatable bonds is 7. The van der Waals surface area contributed by atoms with Gasteiger partial charge in [0.15, 0.2) is 12.4 Å². The van der Waals surface area contributed by atoms with Gasteiger partial charge >= 0.3 is 5.97 Å². The molecule has 4 aromatic carbocycles. The molecule has 1 atom stereocenters. The fourth-order valence-electron chi connectivity index (χ4n) is 4.47. The minimum absolute atomic E-state index is 0.0465. The molecule has 1 aliphatic rings. The van der Waals surface area contributed by atoms with Crippen LogP contribution in [0.25, 0.3) is 10.8 Å². The van der Waals surface area contributed by atoms with E-state index >= 15 is 0 Å². The number of amides is 1. The molecule has 6 nitrogen and oxygen atoms in total. The minimum atomic E-state index is -0.619. The lowest BCUT2D eigenvalue weighted by atomic mass is 10.0.